The molecule has 0 atom stereocenters. The molecule has 0 spiro atoms. The lowest BCUT2D eigenvalue weighted by Crippen LogP contribution is -2.45. The Morgan fingerprint density at radius 1 is 1.11 bits per heavy atom. The summed E-state index contributed by atoms with van der Waals surface area (Å²) in [5, 5.41) is 1.12. The van der Waals surface area contributed by atoms with Gasteiger partial charge in [-0.3, -0.25) is 4.79 Å². The molecule has 5 heteroatoms. The molecule has 0 saturated heterocycles. The third kappa shape index (κ3) is 4.94. The first kappa shape index (κ1) is 14.8. The summed E-state index contributed by atoms with van der Waals surface area (Å²) in [7, 11) is 0. The van der Waals surface area contributed by atoms with Gasteiger partial charge in [-0.15, -0.1) is 5.06 Å². The van der Waals surface area contributed by atoms with Crippen LogP contribution >= 0.6 is 0 Å². The molecule has 1 amide bonds. The Morgan fingerprint density at radius 2 is 1.67 bits per heavy atom. The first-order valence-corrected chi connectivity index (χ1v) is 6.50. The third-order valence-corrected chi connectivity index (χ3v) is 2.71. The standard InChI is InChI=1S/C13H23NO4/c1-10(15)18-14(11-8-6-5-7-9-11)12(16)17-13(2,3)4/h11H,5-9H2,1-4H3. The van der Waals surface area contributed by atoms with Gasteiger partial charge in [0, 0.05) is 6.92 Å². The van der Waals surface area contributed by atoms with Gasteiger partial charge < -0.3 is 9.57 Å². The highest BCUT2D eigenvalue weighted by Crippen LogP contribution is 2.24. The van der Waals surface area contributed by atoms with Crippen molar-refractivity contribution in [2.24, 2.45) is 0 Å². The normalized spacial score (nSPS) is 17.1. The summed E-state index contributed by atoms with van der Waals surface area (Å²) in [6.45, 7) is 6.66. The summed E-state index contributed by atoms with van der Waals surface area (Å²) in [4.78, 5) is 28.1. The number of carbonyl (C=O) groups excluding carboxylic acids is 2. The monoisotopic (exact) mass is 257 g/mol. The molecule has 1 fully saturated rings. The smallest absolute Gasteiger partial charge is 0.442 e. The maximum atomic E-state index is 12.0. The molecule has 0 N–H and O–H groups in total. The molecule has 0 unspecified atom stereocenters. The number of nitrogens with zero attached hydrogens (tertiary/aromatic N) is 1. The van der Waals surface area contributed by atoms with Crippen LogP contribution in [0.4, 0.5) is 4.79 Å². The number of carbonyl (C=O) groups is 2. The fraction of sp³-hybridized carbons (Fsp3) is 0.846. The van der Waals surface area contributed by atoms with Gasteiger partial charge >= 0.3 is 12.1 Å². The van der Waals surface area contributed by atoms with E-state index in [1.807, 2.05) is 0 Å². The van der Waals surface area contributed by atoms with Crippen molar-refractivity contribution in [3.8, 4) is 0 Å². The van der Waals surface area contributed by atoms with Gasteiger partial charge in [0.1, 0.15) is 5.60 Å². The van der Waals surface area contributed by atoms with Gasteiger partial charge in [-0.05, 0) is 33.6 Å². The van der Waals surface area contributed by atoms with Crippen LogP contribution < -0.4 is 0 Å². The average Bonchev–Trinajstić information content (AvgIpc) is 2.24. The highest BCUT2D eigenvalue weighted by atomic mass is 16.8. The number of hydroxylamine groups is 2. The highest BCUT2D eigenvalue weighted by molar-refractivity contribution is 5.72. The first-order valence-electron chi connectivity index (χ1n) is 6.50. The molecule has 0 radical (unpaired) electrons. The Hall–Kier alpha value is -1.26. The van der Waals surface area contributed by atoms with Crippen LogP contribution in [0.2, 0.25) is 0 Å². The fourth-order valence-electron chi connectivity index (χ4n) is 2.02. The van der Waals surface area contributed by atoms with Gasteiger partial charge in [-0.25, -0.2) is 4.79 Å². The second-order valence-corrected chi connectivity index (χ2v) is 5.68. The number of hydrogen-bond donors (Lipinski definition) is 0. The quantitative estimate of drug-likeness (QED) is 0.677. The zero-order chi connectivity index (χ0) is 13.8. The van der Waals surface area contributed by atoms with Crippen molar-refractivity contribution in [1.29, 1.82) is 0 Å². The van der Waals surface area contributed by atoms with E-state index in [-0.39, 0.29) is 6.04 Å². The van der Waals surface area contributed by atoms with Gasteiger partial charge in [0.15, 0.2) is 0 Å². The van der Waals surface area contributed by atoms with Crippen LogP contribution in [0.15, 0.2) is 0 Å². The average molecular weight is 257 g/mol. The molecular weight excluding hydrogens is 234 g/mol. The van der Waals surface area contributed by atoms with Crippen LogP contribution in [-0.2, 0) is 14.4 Å². The van der Waals surface area contributed by atoms with Gasteiger partial charge in [0.05, 0.1) is 6.04 Å². The topological polar surface area (TPSA) is 55.8 Å². The van der Waals surface area contributed by atoms with Crippen LogP contribution in [0.3, 0.4) is 0 Å². The summed E-state index contributed by atoms with van der Waals surface area (Å²) in [5.41, 5.74) is -0.593. The van der Waals surface area contributed by atoms with Crippen molar-refractivity contribution in [3.05, 3.63) is 0 Å². The molecule has 1 rings (SSSR count). The van der Waals surface area contributed by atoms with E-state index in [4.69, 9.17) is 9.57 Å². The van der Waals surface area contributed by atoms with Gasteiger partial charge in [-0.2, -0.15) is 0 Å². The Morgan fingerprint density at radius 3 is 2.11 bits per heavy atom. The molecule has 1 aliphatic rings. The van der Waals surface area contributed by atoms with E-state index in [9.17, 15) is 9.59 Å². The van der Waals surface area contributed by atoms with E-state index >= 15 is 0 Å². The molecule has 0 heterocycles. The number of ether oxygens (including phenoxy) is 1. The van der Waals surface area contributed by atoms with Crippen LogP contribution in [0, 0.1) is 0 Å². The summed E-state index contributed by atoms with van der Waals surface area (Å²) in [6, 6.07) is -0.0579. The maximum Gasteiger partial charge on any atom is 0.444 e. The van der Waals surface area contributed by atoms with E-state index in [2.05, 4.69) is 0 Å². The Bertz CT molecular complexity index is 303. The first-order chi connectivity index (χ1) is 8.29. The van der Waals surface area contributed by atoms with E-state index < -0.39 is 17.7 Å². The van der Waals surface area contributed by atoms with Crippen molar-refractivity contribution >= 4 is 12.1 Å². The second-order valence-electron chi connectivity index (χ2n) is 5.68. The summed E-state index contributed by atoms with van der Waals surface area (Å²) in [5.74, 6) is -0.494. The summed E-state index contributed by atoms with van der Waals surface area (Å²) in [6.07, 6.45) is 4.39. The molecule has 0 bridgehead atoms. The zero-order valence-electron chi connectivity index (χ0n) is 11.7. The molecule has 18 heavy (non-hydrogen) atoms. The molecule has 0 aromatic rings. The lowest BCUT2D eigenvalue weighted by Gasteiger charge is -2.33. The molecule has 0 aromatic heterocycles. The molecule has 1 saturated carbocycles. The molecule has 1 aliphatic carbocycles. The predicted molar refractivity (Wildman–Crippen MR) is 66.7 cm³/mol. The van der Waals surface area contributed by atoms with Gasteiger partial charge in [0.2, 0.25) is 0 Å². The van der Waals surface area contributed by atoms with E-state index in [0.717, 1.165) is 30.7 Å². The fourth-order valence-corrected chi connectivity index (χ4v) is 2.02. The molecular formula is C13H23NO4. The van der Waals surface area contributed by atoms with Crippen molar-refractivity contribution in [1.82, 2.24) is 5.06 Å². The van der Waals surface area contributed by atoms with E-state index in [1.165, 1.54) is 13.3 Å². The van der Waals surface area contributed by atoms with Crippen LogP contribution in [-0.4, -0.2) is 28.8 Å². The predicted octanol–water partition coefficient (Wildman–Crippen LogP) is 3.03. The minimum atomic E-state index is -0.593. The number of hydrogen-bond acceptors (Lipinski definition) is 4. The minimum Gasteiger partial charge on any atom is -0.442 e. The number of rotatable bonds is 1. The summed E-state index contributed by atoms with van der Waals surface area (Å²) >= 11 is 0. The Kier molecular flexibility index (Phi) is 4.99. The zero-order valence-corrected chi connectivity index (χ0v) is 11.7. The van der Waals surface area contributed by atoms with Crippen molar-refractivity contribution in [3.63, 3.8) is 0 Å². The molecule has 5 nitrogen and oxygen atoms in total. The van der Waals surface area contributed by atoms with Crippen molar-refractivity contribution in [2.45, 2.75) is 71.4 Å². The maximum absolute atomic E-state index is 12.0. The highest BCUT2D eigenvalue weighted by Gasteiger charge is 2.32. The van der Waals surface area contributed by atoms with Crippen molar-refractivity contribution < 1.29 is 19.2 Å². The van der Waals surface area contributed by atoms with E-state index in [0.29, 0.717) is 0 Å². The summed E-state index contributed by atoms with van der Waals surface area (Å²) < 4.78 is 5.26. The lowest BCUT2D eigenvalue weighted by atomic mass is 9.95. The SMILES string of the molecule is CC(=O)ON(C(=O)OC(C)(C)C)C1CCCCC1. The number of amides is 1. The van der Waals surface area contributed by atoms with Crippen LogP contribution in [0.1, 0.15) is 59.8 Å². The van der Waals surface area contributed by atoms with E-state index in [1.54, 1.807) is 20.8 Å². The Labute approximate surface area is 108 Å². The van der Waals surface area contributed by atoms with Gasteiger partial charge in [-0.1, -0.05) is 19.3 Å². The molecule has 0 aromatic carbocycles. The molecule has 104 valence electrons. The third-order valence-electron chi connectivity index (χ3n) is 2.71. The molecule has 0 aliphatic heterocycles. The Balaban J connectivity index is 2.70. The lowest BCUT2D eigenvalue weighted by molar-refractivity contribution is -0.193. The van der Waals surface area contributed by atoms with Crippen molar-refractivity contribution in [2.75, 3.05) is 0 Å². The second kappa shape index (κ2) is 6.07. The van der Waals surface area contributed by atoms with Gasteiger partial charge in [0.25, 0.3) is 0 Å². The van der Waals surface area contributed by atoms with Crippen LogP contribution in [0.25, 0.3) is 0 Å². The minimum absolute atomic E-state index is 0.0579. The largest absolute Gasteiger partial charge is 0.444 e. The van der Waals surface area contributed by atoms with Crippen LogP contribution in [0.5, 0.6) is 0 Å².